The van der Waals surface area contributed by atoms with Gasteiger partial charge in [-0.1, -0.05) is 31.5 Å². The van der Waals surface area contributed by atoms with Gasteiger partial charge >= 0.3 is 0 Å². The summed E-state index contributed by atoms with van der Waals surface area (Å²) in [5, 5.41) is 3.09. The smallest absolute Gasteiger partial charge is 0.261 e. The van der Waals surface area contributed by atoms with E-state index in [2.05, 4.69) is 31.3 Å². The van der Waals surface area contributed by atoms with Gasteiger partial charge < -0.3 is 14.8 Å². The van der Waals surface area contributed by atoms with Crippen molar-refractivity contribution in [1.82, 2.24) is 5.32 Å². The Labute approximate surface area is 169 Å². The Morgan fingerprint density at radius 1 is 0.893 bits per heavy atom. The third-order valence-corrected chi connectivity index (χ3v) is 5.07. The van der Waals surface area contributed by atoms with Crippen LogP contribution in [-0.2, 0) is 4.79 Å². The highest BCUT2D eigenvalue weighted by molar-refractivity contribution is 5.81. The number of ether oxygens (including phenoxy) is 2. The standard InChI is InChI=1S/C24H33NO3/c1-14(2)20-13-21(16(4)12-23(20)27-8)18(6)25-24(26)19(7)28-22-10-9-15(3)11-17(22)5/h9-14,18-19H,1-8H3,(H,25,26)/t18-,19-/m0/s1. The number of hydrogen-bond acceptors (Lipinski definition) is 3. The molecule has 0 saturated carbocycles. The molecule has 2 aromatic carbocycles. The number of rotatable bonds is 7. The summed E-state index contributed by atoms with van der Waals surface area (Å²) in [4.78, 5) is 12.7. The molecule has 0 aliphatic carbocycles. The van der Waals surface area contributed by atoms with Crippen LogP contribution in [0.15, 0.2) is 30.3 Å². The highest BCUT2D eigenvalue weighted by Gasteiger charge is 2.21. The summed E-state index contributed by atoms with van der Waals surface area (Å²) in [7, 11) is 1.69. The molecule has 2 aromatic rings. The molecular formula is C24H33NO3. The predicted octanol–water partition coefficient (Wildman–Crippen LogP) is 5.39. The zero-order chi connectivity index (χ0) is 21.0. The molecule has 0 aliphatic heterocycles. The summed E-state index contributed by atoms with van der Waals surface area (Å²) in [5.41, 5.74) is 5.53. The van der Waals surface area contributed by atoms with Gasteiger partial charge in [0, 0.05) is 0 Å². The first-order chi connectivity index (χ1) is 13.1. The molecule has 152 valence electrons. The lowest BCUT2D eigenvalue weighted by atomic mass is 9.93. The molecule has 0 aliphatic rings. The SMILES string of the molecule is COc1cc(C)c([C@H](C)NC(=O)[C@H](C)Oc2ccc(C)cc2C)cc1C(C)C. The monoisotopic (exact) mass is 383 g/mol. The van der Waals surface area contributed by atoms with Gasteiger partial charge in [-0.3, -0.25) is 4.79 Å². The summed E-state index contributed by atoms with van der Waals surface area (Å²) >= 11 is 0. The number of benzene rings is 2. The molecule has 0 spiro atoms. The maximum Gasteiger partial charge on any atom is 0.261 e. The quantitative estimate of drug-likeness (QED) is 0.697. The molecule has 28 heavy (non-hydrogen) atoms. The van der Waals surface area contributed by atoms with E-state index in [1.807, 2.05) is 45.9 Å². The van der Waals surface area contributed by atoms with E-state index >= 15 is 0 Å². The zero-order valence-electron chi connectivity index (χ0n) is 18.3. The van der Waals surface area contributed by atoms with Crippen LogP contribution in [0, 0.1) is 20.8 Å². The molecule has 1 N–H and O–H groups in total. The van der Waals surface area contributed by atoms with Crippen LogP contribution in [0.2, 0.25) is 0 Å². The first kappa shape index (κ1) is 21.8. The Balaban J connectivity index is 2.14. The Kier molecular flexibility index (Phi) is 7.11. The Bertz CT molecular complexity index is 842. The van der Waals surface area contributed by atoms with Crippen molar-refractivity contribution < 1.29 is 14.3 Å². The van der Waals surface area contributed by atoms with Gasteiger partial charge in [-0.05, 0) is 81.0 Å². The highest BCUT2D eigenvalue weighted by Crippen LogP contribution is 2.32. The van der Waals surface area contributed by atoms with Crippen LogP contribution in [0.3, 0.4) is 0 Å². The van der Waals surface area contributed by atoms with Crippen LogP contribution in [-0.4, -0.2) is 19.1 Å². The second kappa shape index (κ2) is 9.13. The van der Waals surface area contributed by atoms with Crippen LogP contribution in [0.25, 0.3) is 0 Å². The minimum Gasteiger partial charge on any atom is -0.496 e. The van der Waals surface area contributed by atoms with Gasteiger partial charge in [0.2, 0.25) is 0 Å². The van der Waals surface area contributed by atoms with Crippen LogP contribution in [0.1, 0.15) is 67.5 Å². The summed E-state index contributed by atoms with van der Waals surface area (Å²) in [6.45, 7) is 14.1. The molecule has 0 fully saturated rings. The minimum absolute atomic E-state index is 0.124. The van der Waals surface area contributed by atoms with Crippen LogP contribution < -0.4 is 14.8 Å². The summed E-state index contributed by atoms with van der Waals surface area (Å²) in [5.74, 6) is 1.84. The van der Waals surface area contributed by atoms with Crippen molar-refractivity contribution in [2.24, 2.45) is 0 Å². The van der Waals surface area contributed by atoms with Gasteiger partial charge in [0.15, 0.2) is 6.10 Å². The van der Waals surface area contributed by atoms with Crippen molar-refractivity contribution in [2.45, 2.75) is 66.5 Å². The first-order valence-electron chi connectivity index (χ1n) is 9.86. The van der Waals surface area contributed by atoms with E-state index in [0.717, 1.165) is 33.8 Å². The fraction of sp³-hybridized carbons (Fsp3) is 0.458. The van der Waals surface area contributed by atoms with Crippen LogP contribution >= 0.6 is 0 Å². The molecule has 0 heterocycles. The molecule has 2 rings (SSSR count). The Hall–Kier alpha value is -2.49. The molecule has 0 bridgehead atoms. The van der Waals surface area contributed by atoms with E-state index in [4.69, 9.17) is 9.47 Å². The van der Waals surface area contributed by atoms with Crippen LogP contribution in [0.5, 0.6) is 11.5 Å². The second-order valence-corrected chi connectivity index (χ2v) is 7.86. The molecule has 1 amide bonds. The molecule has 2 atom stereocenters. The molecule has 0 aromatic heterocycles. The third kappa shape index (κ3) is 5.06. The van der Waals surface area contributed by atoms with Crippen molar-refractivity contribution in [1.29, 1.82) is 0 Å². The van der Waals surface area contributed by atoms with Gasteiger partial charge in [-0.15, -0.1) is 0 Å². The van der Waals surface area contributed by atoms with Gasteiger partial charge in [0.05, 0.1) is 13.2 Å². The number of carbonyl (C=O) groups excluding carboxylic acids is 1. The highest BCUT2D eigenvalue weighted by atomic mass is 16.5. The molecule has 0 radical (unpaired) electrons. The fourth-order valence-corrected chi connectivity index (χ4v) is 3.39. The van der Waals surface area contributed by atoms with Gasteiger partial charge in [0.1, 0.15) is 11.5 Å². The van der Waals surface area contributed by atoms with E-state index < -0.39 is 6.10 Å². The summed E-state index contributed by atoms with van der Waals surface area (Å²) < 4.78 is 11.4. The third-order valence-electron chi connectivity index (χ3n) is 5.07. The van der Waals surface area contributed by atoms with E-state index in [-0.39, 0.29) is 11.9 Å². The number of carbonyl (C=O) groups is 1. The first-order valence-corrected chi connectivity index (χ1v) is 9.86. The topological polar surface area (TPSA) is 47.6 Å². The van der Waals surface area contributed by atoms with Gasteiger partial charge in [-0.2, -0.15) is 0 Å². The van der Waals surface area contributed by atoms with Crippen molar-refractivity contribution in [3.05, 3.63) is 58.1 Å². The van der Waals surface area contributed by atoms with Crippen LogP contribution in [0.4, 0.5) is 0 Å². The fourth-order valence-electron chi connectivity index (χ4n) is 3.39. The van der Waals surface area contributed by atoms with Crippen molar-refractivity contribution in [3.63, 3.8) is 0 Å². The molecule has 0 saturated heterocycles. The number of aryl methyl sites for hydroxylation is 3. The van der Waals surface area contributed by atoms with Gasteiger partial charge in [-0.25, -0.2) is 0 Å². The number of amides is 1. The number of nitrogens with one attached hydrogen (secondary N) is 1. The van der Waals surface area contributed by atoms with Gasteiger partial charge in [0.25, 0.3) is 5.91 Å². The average molecular weight is 384 g/mol. The molecule has 4 nitrogen and oxygen atoms in total. The average Bonchev–Trinajstić information content (AvgIpc) is 2.63. The van der Waals surface area contributed by atoms with E-state index in [1.165, 1.54) is 5.56 Å². The lowest BCUT2D eigenvalue weighted by molar-refractivity contribution is -0.127. The predicted molar refractivity (Wildman–Crippen MR) is 114 cm³/mol. The molecular weight excluding hydrogens is 350 g/mol. The lowest BCUT2D eigenvalue weighted by Crippen LogP contribution is -2.38. The number of methoxy groups -OCH3 is 1. The zero-order valence-corrected chi connectivity index (χ0v) is 18.3. The summed E-state index contributed by atoms with van der Waals surface area (Å²) in [6.07, 6.45) is -0.577. The number of hydrogen-bond donors (Lipinski definition) is 1. The maximum absolute atomic E-state index is 12.7. The van der Waals surface area contributed by atoms with E-state index in [9.17, 15) is 4.79 Å². The lowest BCUT2D eigenvalue weighted by Gasteiger charge is -2.23. The second-order valence-electron chi connectivity index (χ2n) is 7.86. The summed E-state index contributed by atoms with van der Waals surface area (Å²) in [6, 6.07) is 10.0. The molecule has 4 heteroatoms. The normalized spacial score (nSPS) is 13.2. The maximum atomic E-state index is 12.7. The van der Waals surface area contributed by atoms with Crippen molar-refractivity contribution in [3.8, 4) is 11.5 Å². The van der Waals surface area contributed by atoms with E-state index in [0.29, 0.717) is 5.92 Å². The molecule has 0 unspecified atom stereocenters. The van der Waals surface area contributed by atoms with Crippen molar-refractivity contribution >= 4 is 5.91 Å². The Morgan fingerprint density at radius 2 is 1.57 bits per heavy atom. The minimum atomic E-state index is -0.577. The largest absolute Gasteiger partial charge is 0.496 e. The Morgan fingerprint density at radius 3 is 2.14 bits per heavy atom. The van der Waals surface area contributed by atoms with E-state index in [1.54, 1.807) is 14.0 Å². The van der Waals surface area contributed by atoms with Crippen molar-refractivity contribution in [2.75, 3.05) is 7.11 Å².